The third kappa shape index (κ3) is 4.09. The van der Waals surface area contributed by atoms with Gasteiger partial charge in [0.2, 0.25) is 5.78 Å². The SMILES string of the molecule is C[C@H]1Cc2ccccc2N1S(=O)(=O)c1cccc(C(=O)OCC(=O)c2c(N)n(C)c(=O)n(C)c2=O)c1. The zero-order valence-corrected chi connectivity index (χ0v) is 20.6. The largest absolute Gasteiger partial charge is 0.454 e. The fourth-order valence-corrected chi connectivity index (χ4v) is 5.95. The van der Waals surface area contributed by atoms with Crippen LogP contribution in [0.3, 0.4) is 0 Å². The molecule has 0 saturated heterocycles. The van der Waals surface area contributed by atoms with Crippen molar-refractivity contribution < 1.29 is 22.7 Å². The lowest BCUT2D eigenvalue weighted by molar-refractivity contribution is 0.0474. The summed E-state index contributed by atoms with van der Waals surface area (Å²) in [6.45, 7) is 0.973. The van der Waals surface area contributed by atoms with E-state index < -0.39 is 45.2 Å². The molecule has 0 bridgehead atoms. The van der Waals surface area contributed by atoms with E-state index in [2.05, 4.69) is 0 Å². The number of benzene rings is 2. The average molecular weight is 513 g/mol. The second-order valence-electron chi connectivity index (χ2n) is 8.48. The number of hydrogen-bond acceptors (Lipinski definition) is 8. The normalized spacial score (nSPS) is 15.0. The van der Waals surface area contributed by atoms with E-state index >= 15 is 0 Å². The van der Waals surface area contributed by atoms with Gasteiger partial charge in [0.15, 0.2) is 6.61 Å². The van der Waals surface area contributed by atoms with Crippen LogP contribution in [-0.4, -0.2) is 42.0 Å². The summed E-state index contributed by atoms with van der Waals surface area (Å²) in [5.74, 6) is -2.21. The van der Waals surface area contributed by atoms with Gasteiger partial charge in [-0.05, 0) is 43.2 Å². The van der Waals surface area contributed by atoms with Gasteiger partial charge in [0.1, 0.15) is 11.4 Å². The number of ether oxygens (including phenoxy) is 1. The lowest BCUT2D eigenvalue weighted by Gasteiger charge is -2.24. The molecule has 2 heterocycles. The predicted molar refractivity (Wildman–Crippen MR) is 132 cm³/mol. The summed E-state index contributed by atoms with van der Waals surface area (Å²) in [6.07, 6.45) is 0.562. The van der Waals surface area contributed by atoms with Gasteiger partial charge in [-0.2, -0.15) is 0 Å². The molecule has 12 heteroatoms. The summed E-state index contributed by atoms with van der Waals surface area (Å²) < 4.78 is 34.9. The molecule has 0 radical (unpaired) electrons. The minimum absolute atomic E-state index is 0.0923. The van der Waals surface area contributed by atoms with Crippen molar-refractivity contribution in [3.8, 4) is 0 Å². The lowest BCUT2D eigenvalue weighted by Crippen LogP contribution is -2.42. The summed E-state index contributed by atoms with van der Waals surface area (Å²) in [5.41, 5.74) is 5.06. The Bertz CT molecular complexity index is 1620. The highest BCUT2D eigenvalue weighted by Crippen LogP contribution is 2.36. The molecule has 0 spiro atoms. The van der Waals surface area contributed by atoms with Crippen LogP contribution in [0, 0.1) is 0 Å². The summed E-state index contributed by atoms with van der Waals surface area (Å²) in [4.78, 5) is 49.4. The number of sulfonamides is 1. The van der Waals surface area contributed by atoms with Gasteiger partial charge < -0.3 is 10.5 Å². The van der Waals surface area contributed by atoms with Crippen LogP contribution >= 0.6 is 0 Å². The Labute approximate surface area is 206 Å². The number of nitrogens with two attached hydrogens (primary N) is 1. The van der Waals surface area contributed by atoms with Crippen molar-refractivity contribution in [3.63, 3.8) is 0 Å². The predicted octanol–water partition coefficient (Wildman–Crippen LogP) is 0.846. The molecule has 2 N–H and O–H groups in total. The van der Waals surface area contributed by atoms with Gasteiger partial charge in [-0.15, -0.1) is 0 Å². The fourth-order valence-electron chi connectivity index (χ4n) is 4.21. The third-order valence-electron chi connectivity index (χ3n) is 6.09. The van der Waals surface area contributed by atoms with Crippen molar-refractivity contribution >= 4 is 33.3 Å². The number of fused-ring (bicyclic) bond motifs is 1. The summed E-state index contributed by atoms with van der Waals surface area (Å²) in [7, 11) is -1.50. The molecular formula is C24H24N4O7S. The topological polar surface area (TPSA) is 151 Å². The van der Waals surface area contributed by atoms with Gasteiger partial charge >= 0.3 is 11.7 Å². The van der Waals surface area contributed by atoms with E-state index in [1.807, 2.05) is 12.1 Å². The Balaban J connectivity index is 1.57. The van der Waals surface area contributed by atoms with Crippen molar-refractivity contribution in [1.29, 1.82) is 0 Å². The third-order valence-corrected chi connectivity index (χ3v) is 8.02. The molecular weight excluding hydrogens is 488 g/mol. The smallest absolute Gasteiger partial charge is 0.338 e. The Kier molecular flexibility index (Phi) is 6.31. The zero-order chi connectivity index (χ0) is 26.4. The first-order valence-corrected chi connectivity index (χ1v) is 12.4. The highest BCUT2D eigenvalue weighted by Gasteiger charge is 2.36. The van der Waals surface area contributed by atoms with E-state index in [4.69, 9.17) is 10.5 Å². The number of esters is 1. The highest BCUT2D eigenvalue weighted by molar-refractivity contribution is 7.92. The molecule has 1 aromatic heterocycles. The molecule has 0 aliphatic carbocycles. The number of Topliss-reactive ketones (excluding diaryl/α,β-unsaturated/α-hetero) is 1. The summed E-state index contributed by atoms with van der Waals surface area (Å²) in [5, 5.41) is 0. The molecule has 4 rings (SSSR count). The minimum atomic E-state index is -3.99. The van der Waals surface area contributed by atoms with Crippen molar-refractivity contribution in [2.24, 2.45) is 14.1 Å². The van der Waals surface area contributed by atoms with Crippen LogP contribution in [0.1, 0.15) is 33.2 Å². The number of nitrogen functional groups attached to an aromatic ring is 1. The van der Waals surface area contributed by atoms with Crippen molar-refractivity contribution in [2.45, 2.75) is 24.3 Å². The van der Waals surface area contributed by atoms with Crippen molar-refractivity contribution in [2.75, 3.05) is 16.6 Å². The van der Waals surface area contributed by atoms with Crippen LogP contribution in [0.2, 0.25) is 0 Å². The molecule has 2 aromatic carbocycles. The maximum atomic E-state index is 13.4. The van der Waals surface area contributed by atoms with Crippen LogP contribution < -0.4 is 21.3 Å². The minimum Gasteiger partial charge on any atom is -0.454 e. The van der Waals surface area contributed by atoms with E-state index in [1.54, 1.807) is 19.1 Å². The molecule has 0 saturated carbocycles. The Hall–Kier alpha value is -4.19. The number of para-hydroxylation sites is 1. The number of ketones is 1. The number of carbonyl (C=O) groups is 2. The molecule has 188 valence electrons. The Morgan fingerprint density at radius 2 is 1.75 bits per heavy atom. The standard InChI is InChI=1S/C24H24N4O7S/c1-14-11-15-7-4-5-10-18(15)28(14)36(33,34)17-9-6-8-16(12-17)23(31)35-13-19(29)20-21(25)26(2)24(32)27(3)22(20)30/h4-10,12,14H,11,13,25H2,1-3H3/t14-/m0/s1. The maximum Gasteiger partial charge on any atom is 0.338 e. The first-order chi connectivity index (χ1) is 16.9. The molecule has 11 nitrogen and oxygen atoms in total. The van der Waals surface area contributed by atoms with E-state index in [0.717, 1.165) is 14.7 Å². The van der Waals surface area contributed by atoms with E-state index in [1.165, 1.54) is 42.7 Å². The number of aromatic nitrogens is 2. The molecule has 36 heavy (non-hydrogen) atoms. The van der Waals surface area contributed by atoms with Crippen LogP contribution in [-0.2, 0) is 35.3 Å². The van der Waals surface area contributed by atoms with E-state index in [-0.39, 0.29) is 22.3 Å². The first kappa shape index (κ1) is 24.9. The van der Waals surface area contributed by atoms with Gasteiger partial charge in [-0.25, -0.2) is 18.0 Å². The summed E-state index contributed by atoms with van der Waals surface area (Å²) >= 11 is 0. The monoisotopic (exact) mass is 512 g/mol. The second-order valence-corrected chi connectivity index (χ2v) is 10.3. The quantitative estimate of drug-likeness (QED) is 0.377. The van der Waals surface area contributed by atoms with Gasteiger partial charge in [0, 0.05) is 20.1 Å². The molecule has 0 fully saturated rings. The maximum absolute atomic E-state index is 13.4. The number of anilines is 2. The molecule has 0 amide bonds. The van der Waals surface area contributed by atoms with Crippen LogP contribution in [0.25, 0.3) is 0 Å². The highest BCUT2D eigenvalue weighted by atomic mass is 32.2. The fraction of sp³-hybridized carbons (Fsp3) is 0.250. The average Bonchev–Trinajstić information content (AvgIpc) is 3.21. The van der Waals surface area contributed by atoms with Crippen molar-refractivity contribution in [3.05, 3.63) is 86.1 Å². The number of carbonyl (C=O) groups excluding carboxylic acids is 2. The molecule has 0 unspecified atom stereocenters. The second kappa shape index (κ2) is 9.11. The van der Waals surface area contributed by atoms with Crippen LogP contribution in [0.4, 0.5) is 11.5 Å². The van der Waals surface area contributed by atoms with Crippen molar-refractivity contribution in [1.82, 2.24) is 9.13 Å². The Morgan fingerprint density at radius 1 is 1.06 bits per heavy atom. The van der Waals surface area contributed by atoms with Crippen LogP contribution in [0.15, 0.2) is 63.0 Å². The van der Waals surface area contributed by atoms with Gasteiger partial charge in [0.05, 0.1) is 16.1 Å². The lowest BCUT2D eigenvalue weighted by atomic mass is 10.1. The first-order valence-electron chi connectivity index (χ1n) is 10.9. The van der Waals surface area contributed by atoms with Gasteiger partial charge in [0.25, 0.3) is 15.6 Å². The van der Waals surface area contributed by atoms with Crippen LogP contribution in [0.5, 0.6) is 0 Å². The number of nitrogens with zero attached hydrogens (tertiary/aromatic N) is 3. The van der Waals surface area contributed by atoms with Gasteiger partial charge in [-0.3, -0.25) is 23.0 Å². The molecule has 3 aromatic rings. The summed E-state index contributed by atoms with van der Waals surface area (Å²) in [6, 6.07) is 12.2. The number of rotatable bonds is 6. The number of hydrogen-bond donors (Lipinski definition) is 1. The van der Waals surface area contributed by atoms with E-state index in [9.17, 15) is 27.6 Å². The molecule has 1 atom stereocenters. The molecule has 1 aliphatic rings. The van der Waals surface area contributed by atoms with E-state index in [0.29, 0.717) is 12.1 Å². The Morgan fingerprint density at radius 3 is 2.47 bits per heavy atom. The van der Waals surface area contributed by atoms with Gasteiger partial charge in [-0.1, -0.05) is 24.3 Å². The molecule has 1 aliphatic heterocycles. The zero-order valence-electron chi connectivity index (χ0n) is 19.8.